The lowest BCUT2D eigenvalue weighted by molar-refractivity contribution is -0.140. The Balaban J connectivity index is 1.76. The second-order valence-corrected chi connectivity index (χ2v) is 7.91. The van der Waals surface area contributed by atoms with Crippen LogP contribution in [0.15, 0.2) is 60.2 Å². The number of carbonyl (C=O) groups excluding carboxylic acids is 2. The van der Waals surface area contributed by atoms with E-state index in [4.69, 9.17) is 4.74 Å². The predicted molar refractivity (Wildman–Crippen MR) is 119 cm³/mol. The molecule has 0 aromatic heterocycles. The normalized spacial score (nSPS) is 21.1. The summed E-state index contributed by atoms with van der Waals surface area (Å²) in [5.74, 6) is -0.683. The Labute approximate surface area is 182 Å². The van der Waals surface area contributed by atoms with Crippen LogP contribution >= 0.6 is 0 Å². The van der Waals surface area contributed by atoms with Crippen molar-refractivity contribution in [2.75, 3.05) is 32.8 Å². The molecule has 2 saturated heterocycles. The summed E-state index contributed by atoms with van der Waals surface area (Å²) in [5, 5.41) is 11.0. The zero-order valence-electron chi connectivity index (χ0n) is 17.8. The van der Waals surface area contributed by atoms with E-state index in [-0.39, 0.29) is 11.3 Å². The second-order valence-electron chi connectivity index (χ2n) is 7.91. The predicted octanol–water partition coefficient (Wildman–Crippen LogP) is 3.60. The average Bonchev–Trinajstić information content (AvgIpc) is 3.40. The summed E-state index contributed by atoms with van der Waals surface area (Å²) < 4.78 is 5.64. The molecule has 2 aromatic rings. The standard InChI is InChI=1S/C25H28N2O4/c1-2-31-20-12-8-11-19(17-20)22-21(23(28)18-9-4-3-5-10-18)24(29)25(30)27(22)16-15-26-13-6-7-14-26/h3-5,8-12,17,22,28H,2,6-7,13-16H2,1H3/b23-21+. The van der Waals surface area contributed by atoms with E-state index in [0.29, 0.717) is 31.0 Å². The third-order valence-electron chi connectivity index (χ3n) is 5.93. The van der Waals surface area contributed by atoms with Gasteiger partial charge in [-0.15, -0.1) is 0 Å². The average molecular weight is 421 g/mol. The molecule has 2 aromatic carbocycles. The van der Waals surface area contributed by atoms with Crippen molar-refractivity contribution in [1.29, 1.82) is 0 Å². The molecule has 1 atom stereocenters. The van der Waals surface area contributed by atoms with E-state index in [2.05, 4.69) is 4.90 Å². The molecule has 0 radical (unpaired) electrons. The Bertz CT molecular complexity index is 980. The Morgan fingerprint density at radius 2 is 1.77 bits per heavy atom. The van der Waals surface area contributed by atoms with Gasteiger partial charge in [0, 0.05) is 18.7 Å². The van der Waals surface area contributed by atoms with E-state index in [1.807, 2.05) is 37.3 Å². The van der Waals surface area contributed by atoms with E-state index in [0.717, 1.165) is 31.5 Å². The fourth-order valence-electron chi connectivity index (χ4n) is 4.41. The van der Waals surface area contributed by atoms with Crippen molar-refractivity contribution in [1.82, 2.24) is 9.80 Å². The minimum absolute atomic E-state index is 0.131. The first-order valence-corrected chi connectivity index (χ1v) is 10.9. The highest BCUT2D eigenvalue weighted by Gasteiger charge is 2.46. The van der Waals surface area contributed by atoms with Crippen molar-refractivity contribution >= 4 is 17.4 Å². The molecule has 1 unspecified atom stereocenters. The van der Waals surface area contributed by atoms with Crippen LogP contribution < -0.4 is 4.74 Å². The van der Waals surface area contributed by atoms with Crippen LogP contribution in [0.25, 0.3) is 5.76 Å². The molecule has 4 rings (SSSR count). The molecule has 1 N–H and O–H groups in total. The van der Waals surface area contributed by atoms with Crippen molar-refractivity contribution in [3.63, 3.8) is 0 Å². The van der Waals surface area contributed by atoms with Crippen LogP contribution in [0.4, 0.5) is 0 Å². The van der Waals surface area contributed by atoms with Crippen molar-refractivity contribution in [3.8, 4) is 5.75 Å². The molecule has 2 heterocycles. The lowest BCUT2D eigenvalue weighted by Gasteiger charge is -2.27. The highest BCUT2D eigenvalue weighted by molar-refractivity contribution is 6.46. The molecule has 1 amide bonds. The molecule has 6 heteroatoms. The van der Waals surface area contributed by atoms with Crippen LogP contribution in [-0.2, 0) is 9.59 Å². The minimum Gasteiger partial charge on any atom is -0.507 e. The van der Waals surface area contributed by atoms with Gasteiger partial charge in [-0.1, -0.05) is 42.5 Å². The molecule has 0 bridgehead atoms. The molecule has 2 fully saturated rings. The summed E-state index contributed by atoms with van der Waals surface area (Å²) in [7, 11) is 0. The van der Waals surface area contributed by atoms with Crippen LogP contribution in [0.3, 0.4) is 0 Å². The maximum Gasteiger partial charge on any atom is 0.295 e. The number of ether oxygens (including phenoxy) is 1. The second kappa shape index (κ2) is 9.35. The summed E-state index contributed by atoms with van der Waals surface area (Å²) in [4.78, 5) is 30.0. The highest BCUT2D eigenvalue weighted by atomic mass is 16.5. The zero-order chi connectivity index (χ0) is 21.8. The SMILES string of the molecule is CCOc1cccc(C2/C(=C(\O)c3ccccc3)C(=O)C(=O)N2CCN2CCCC2)c1. The number of rotatable bonds is 7. The van der Waals surface area contributed by atoms with Gasteiger partial charge < -0.3 is 19.6 Å². The minimum atomic E-state index is -0.650. The monoisotopic (exact) mass is 420 g/mol. The molecule has 6 nitrogen and oxygen atoms in total. The number of nitrogens with zero attached hydrogens (tertiary/aromatic N) is 2. The first-order valence-electron chi connectivity index (χ1n) is 10.9. The van der Waals surface area contributed by atoms with Crippen molar-refractivity contribution in [3.05, 3.63) is 71.3 Å². The van der Waals surface area contributed by atoms with Gasteiger partial charge >= 0.3 is 0 Å². The van der Waals surface area contributed by atoms with Crippen molar-refractivity contribution < 1.29 is 19.4 Å². The summed E-state index contributed by atoms with van der Waals surface area (Å²) in [5.41, 5.74) is 1.40. The first kappa shape index (κ1) is 21.1. The smallest absolute Gasteiger partial charge is 0.295 e. The van der Waals surface area contributed by atoms with Gasteiger partial charge in [-0.05, 0) is 50.6 Å². The number of carbonyl (C=O) groups is 2. The summed E-state index contributed by atoms with van der Waals surface area (Å²) in [6.07, 6.45) is 2.32. The fourth-order valence-corrected chi connectivity index (χ4v) is 4.41. The van der Waals surface area contributed by atoms with Gasteiger partial charge in [0.15, 0.2) is 0 Å². The van der Waals surface area contributed by atoms with Gasteiger partial charge in [-0.25, -0.2) is 0 Å². The van der Waals surface area contributed by atoms with Gasteiger partial charge in [0.25, 0.3) is 11.7 Å². The number of likely N-dealkylation sites (tertiary alicyclic amines) is 2. The third-order valence-corrected chi connectivity index (χ3v) is 5.93. The van der Waals surface area contributed by atoms with Gasteiger partial charge in [0.2, 0.25) is 0 Å². The molecular formula is C25H28N2O4. The lowest BCUT2D eigenvalue weighted by Crippen LogP contribution is -2.37. The van der Waals surface area contributed by atoms with Crippen LogP contribution in [0.5, 0.6) is 5.75 Å². The Morgan fingerprint density at radius 1 is 1.03 bits per heavy atom. The largest absolute Gasteiger partial charge is 0.507 e. The fraction of sp³-hybridized carbons (Fsp3) is 0.360. The summed E-state index contributed by atoms with van der Waals surface area (Å²) >= 11 is 0. The van der Waals surface area contributed by atoms with E-state index in [1.165, 1.54) is 0 Å². The summed E-state index contributed by atoms with van der Waals surface area (Å²) in [6, 6.07) is 15.7. The summed E-state index contributed by atoms with van der Waals surface area (Å²) in [6.45, 7) is 5.59. The molecule has 2 aliphatic heterocycles. The van der Waals surface area contributed by atoms with Gasteiger partial charge in [0.1, 0.15) is 11.5 Å². The molecule has 31 heavy (non-hydrogen) atoms. The Morgan fingerprint density at radius 3 is 2.48 bits per heavy atom. The number of Topliss-reactive ketones (excluding diaryl/α,β-unsaturated/α-hetero) is 1. The maximum atomic E-state index is 13.1. The Kier molecular flexibility index (Phi) is 6.37. The number of benzene rings is 2. The van der Waals surface area contributed by atoms with Crippen molar-refractivity contribution in [2.45, 2.75) is 25.8 Å². The molecule has 0 saturated carbocycles. The number of ketones is 1. The van der Waals surface area contributed by atoms with Crippen LogP contribution in [0.2, 0.25) is 0 Å². The van der Waals surface area contributed by atoms with E-state index in [1.54, 1.807) is 29.2 Å². The first-order chi connectivity index (χ1) is 15.1. The molecule has 0 spiro atoms. The third kappa shape index (κ3) is 4.35. The number of hydrogen-bond donors (Lipinski definition) is 1. The topological polar surface area (TPSA) is 70.1 Å². The molecule has 2 aliphatic rings. The highest BCUT2D eigenvalue weighted by Crippen LogP contribution is 2.40. The number of amides is 1. The molecular weight excluding hydrogens is 392 g/mol. The lowest BCUT2D eigenvalue weighted by atomic mass is 9.95. The molecule has 162 valence electrons. The van der Waals surface area contributed by atoms with Gasteiger partial charge in [-0.2, -0.15) is 0 Å². The van der Waals surface area contributed by atoms with Crippen LogP contribution in [0, 0.1) is 0 Å². The Hall–Kier alpha value is -3.12. The number of hydrogen-bond acceptors (Lipinski definition) is 5. The van der Waals surface area contributed by atoms with Crippen LogP contribution in [0.1, 0.15) is 36.9 Å². The zero-order valence-corrected chi connectivity index (χ0v) is 17.8. The number of aliphatic hydroxyl groups excluding tert-OH is 1. The van der Waals surface area contributed by atoms with E-state index < -0.39 is 17.7 Å². The van der Waals surface area contributed by atoms with Crippen LogP contribution in [-0.4, -0.2) is 59.4 Å². The van der Waals surface area contributed by atoms with E-state index in [9.17, 15) is 14.7 Å². The van der Waals surface area contributed by atoms with Crippen molar-refractivity contribution in [2.24, 2.45) is 0 Å². The van der Waals surface area contributed by atoms with E-state index >= 15 is 0 Å². The quantitative estimate of drug-likeness (QED) is 0.421. The van der Waals surface area contributed by atoms with Gasteiger partial charge in [-0.3, -0.25) is 9.59 Å². The number of aliphatic hydroxyl groups is 1. The maximum absolute atomic E-state index is 13.1. The molecule has 0 aliphatic carbocycles. The van der Waals surface area contributed by atoms with Gasteiger partial charge in [0.05, 0.1) is 18.2 Å².